The Morgan fingerprint density at radius 3 is 1.68 bits per heavy atom. The van der Waals surface area contributed by atoms with Gasteiger partial charge in [0.05, 0.1) is 25.3 Å². The average Bonchev–Trinajstić information content (AvgIpc) is 2.63. The van der Waals surface area contributed by atoms with Gasteiger partial charge in [-0.3, -0.25) is 0 Å². The zero-order chi connectivity index (χ0) is 19.0. The van der Waals surface area contributed by atoms with Crippen molar-refractivity contribution >= 4 is 27.9 Å². The minimum absolute atomic E-state index is 0.280. The van der Waals surface area contributed by atoms with E-state index in [1.807, 2.05) is 45.0 Å². The van der Waals surface area contributed by atoms with Crippen LogP contribution in [-0.2, 0) is 14.8 Å². The Bertz CT molecular complexity index is 753. The number of esters is 2. The highest BCUT2D eigenvalue weighted by Gasteiger charge is 2.06. The first-order valence-electron chi connectivity index (χ1n) is 7.73. The van der Waals surface area contributed by atoms with Crippen LogP contribution in [0.25, 0.3) is 0 Å². The van der Waals surface area contributed by atoms with E-state index in [9.17, 15) is 9.59 Å². The molecule has 0 aliphatic heterocycles. The molecule has 2 aromatic carbocycles. The first-order valence-corrected chi connectivity index (χ1v) is 8.85. The first kappa shape index (κ1) is 20.9. The molecule has 2 rings (SSSR count). The van der Waals surface area contributed by atoms with E-state index in [1.54, 1.807) is 12.1 Å². The van der Waals surface area contributed by atoms with Crippen LogP contribution in [0.1, 0.15) is 43.0 Å². The second kappa shape index (κ2) is 9.99. The van der Waals surface area contributed by atoms with Crippen LogP contribution >= 0.6 is 15.9 Å². The summed E-state index contributed by atoms with van der Waals surface area (Å²) in [5.74, 6) is -0.567. The standard InChI is InChI=1S/C10H11BrO2.C10H12O2/c1-7-5-8(10(12)13-2)3-4-9(7)6-11;1-7-4-5-9(6-8(7)2)10(11)12-3/h3-5H,6H2,1-2H3;4-6H,1-3H3. The SMILES string of the molecule is COC(=O)c1ccc(C)c(C)c1.COC(=O)c1ccc(CBr)c(C)c1. The Kier molecular flexibility index (Phi) is 8.35. The summed E-state index contributed by atoms with van der Waals surface area (Å²) in [6.45, 7) is 5.96. The predicted octanol–water partition coefficient (Wildman–Crippen LogP) is 4.77. The summed E-state index contributed by atoms with van der Waals surface area (Å²) in [5.41, 5.74) is 5.79. The number of hydrogen-bond acceptors (Lipinski definition) is 4. The Morgan fingerprint density at radius 2 is 1.28 bits per heavy atom. The number of hydrogen-bond donors (Lipinski definition) is 0. The van der Waals surface area contributed by atoms with Gasteiger partial charge in [-0.15, -0.1) is 0 Å². The van der Waals surface area contributed by atoms with E-state index in [2.05, 4.69) is 25.4 Å². The van der Waals surface area contributed by atoms with Gasteiger partial charge < -0.3 is 9.47 Å². The van der Waals surface area contributed by atoms with E-state index < -0.39 is 0 Å². The Morgan fingerprint density at radius 1 is 0.800 bits per heavy atom. The predicted molar refractivity (Wildman–Crippen MR) is 102 cm³/mol. The zero-order valence-electron chi connectivity index (χ0n) is 15.2. The molecule has 0 saturated heterocycles. The van der Waals surface area contributed by atoms with Crippen molar-refractivity contribution in [3.63, 3.8) is 0 Å². The van der Waals surface area contributed by atoms with E-state index >= 15 is 0 Å². The molecule has 0 radical (unpaired) electrons. The molecule has 0 bridgehead atoms. The van der Waals surface area contributed by atoms with E-state index in [0.29, 0.717) is 11.1 Å². The van der Waals surface area contributed by atoms with Gasteiger partial charge in [-0.25, -0.2) is 9.59 Å². The molecule has 25 heavy (non-hydrogen) atoms. The van der Waals surface area contributed by atoms with Gasteiger partial charge in [-0.2, -0.15) is 0 Å². The second-order valence-electron chi connectivity index (χ2n) is 5.56. The third kappa shape index (κ3) is 6.02. The van der Waals surface area contributed by atoms with Gasteiger partial charge in [0.25, 0.3) is 0 Å². The minimum atomic E-state index is -0.288. The van der Waals surface area contributed by atoms with Crippen LogP contribution in [0.15, 0.2) is 36.4 Å². The third-order valence-electron chi connectivity index (χ3n) is 3.84. The largest absolute Gasteiger partial charge is 0.465 e. The van der Waals surface area contributed by atoms with Crippen LogP contribution in [0.5, 0.6) is 0 Å². The van der Waals surface area contributed by atoms with Gasteiger partial charge in [-0.05, 0) is 67.3 Å². The fourth-order valence-electron chi connectivity index (χ4n) is 2.08. The maximum Gasteiger partial charge on any atom is 0.337 e. The molecule has 0 unspecified atom stereocenters. The number of carbonyl (C=O) groups is 2. The highest BCUT2D eigenvalue weighted by molar-refractivity contribution is 9.08. The fraction of sp³-hybridized carbons (Fsp3) is 0.300. The number of benzene rings is 2. The molecular formula is C20H23BrO4. The topological polar surface area (TPSA) is 52.6 Å². The van der Waals surface area contributed by atoms with E-state index in [0.717, 1.165) is 16.5 Å². The first-order chi connectivity index (χ1) is 11.8. The number of alkyl halides is 1. The zero-order valence-corrected chi connectivity index (χ0v) is 16.8. The Balaban J connectivity index is 0.000000251. The molecule has 0 amide bonds. The molecule has 0 fully saturated rings. The molecule has 2 aromatic rings. The van der Waals surface area contributed by atoms with Crippen molar-refractivity contribution in [3.05, 3.63) is 69.8 Å². The number of halogens is 1. The number of ether oxygens (including phenoxy) is 2. The van der Waals surface area contributed by atoms with Gasteiger partial charge >= 0.3 is 11.9 Å². The summed E-state index contributed by atoms with van der Waals surface area (Å²) in [4.78, 5) is 22.2. The number of rotatable bonds is 3. The van der Waals surface area contributed by atoms with Crippen molar-refractivity contribution < 1.29 is 19.1 Å². The molecule has 0 aliphatic carbocycles. The molecule has 0 heterocycles. The van der Waals surface area contributed by atoms with Crippen LogP contribution < -0.4 is 0 Å². The normalized spacial score (nSPS) is 9.68. The molecule has 0 aliphatic rings. The van der Waals surface area contributed by atoms with Crippen LogP contribution in [-0.4, -0.2) is 26.2 Å². The van der Waals surface area contributed by atoms with Crippen molar-refractivity contribution in [2.45, 2.75) is 26.1 Å². The summed E-state index contributed by atoms with van der Waals surface area (Å²) in [7, 11) is 2.77. The minimum Gasteiger partial charge on any atom is -0.465 e. The van der Waals surface area contributed by atoms with Crippen LogP contribution in [0.3, 0.4) is 0 Å². The highest BCUT2D eigenvalue weighted by atomic mass is 79.9. The van der Waals surface area contributed by atoms with Gasteiger partial charge in [0.2, 0.25) is 0 Å². The molecule has 0 N–H and O–H groups in total. The lowest BCUT2D eigenvalue weighted by Gasteiger charge is -2.04. The maximum atomic E-state index is 11.1. The summed E-state index contributed by atoms with van der Waals surface area (Å²) >= 11 is 3.37. The van der Waals surface area contributed by atoms with Gasteiger partial charge in [0, 0.05) is 5.33 Å². The number of carbonyl (C=O) groups excluding carboxylic acids is 2. The lowest BCUT2D eigenvalue weighted by Crippen LogP contribution is -2.01. The Hall–Kier alpha value is -2.14. The van der Waals surface area contributed by atoms with E-state index in [4.69, 9.17) is 0 Å². The van der Waals surface area contributed by atoms with Crippen molar-refractivity contribution in [3.8, 4) is 0 Å². The summed E-state index contributed by atoms with van der Waals surface area (Å²) in [6.07, 6.45) is 0. The van der Waals surface area contributed by atoms with E-state index in [1.165, 1.54) is 25.3 Å². The molecule has 0 aromatic heterocycles. The number of aryl methyl sites for hydroxylation is 3. The monoisotopic (exact) mass is 406 g/mol. The second-order valence-corrected chi connectivity index (χ2v) is 6.12. The van der Waals surface area contributed by atoms with Crippen molar-refractivity contribution in [1.82, 2.24) is 0 Å². The molecule has 0 spiro atoms. The quantitative estimate of drug-likeness (QED) is 0.544. The Labute approximate surface area is 157 Å². The van der Waals surface area contributed by atoms with Crippen LogP contribution in [0.2, 0.25) is 0 Å². The molecular weight excluding hydrogens is 384 g/mol. The smallest absolute Gasteiger partial charge is 0.337 e. The summed E-state index contributed by atoms with van der Waals surface area (Å²) in [6, 6.07) is 11.1. The highest BCUT2D eigenvalue weighted by Crippen LogP contribution is 2.14. The van der Waals surface area contributed by atoms with Gasteiger partial charge in [0.15, 0.2) is 0 Å². The van der Waals surface area contributed by atoms with Crippen LogP contribution in [0, 0.1) is 20.8 Å². The fourth-order valence-corrected chi connectivity index (χ4v) is 2.71. The molecule has 5 heteroatoms. The van der Waals surface area contributed by atoms with Gasteiger partial charge in [-0.1, -0.05) is 28.1 Å². The molecule has 0 saturated carbocycles. The van der Waals surface area contributed by atoms with Crippen LogP contribution in [0.4, 0.5) is 0 Å². The van der Waals surface area contributed by atoms with Crippen molar-refractivity contribution in [1.29, 1.82) is 0 Å². The molecule has 0 atom stereocenters. The summed E-state index contributed by atoms with van der Waals surface area (Å²) in [5, 5.41) is 0.806. The third-order valence-corrected chi connectivity index (χ3v) is 4.44. The average molecular weight is 407 g/mol. The van der Waals surface area contributed by atoms with Crippen molar-refractivity contribution in [2.75, 3.05) is 14.2 Å². The summed E-state index contributed by atoms with van der Waals surface area (Å²) < 4.78 is 9.21. The van der Waals surface area contributed by atoms with E-state index in [-0.39, 0.29) is 11.9 Å². The molecule has 134 valence electrons. The number of methoxy groups -OCH3 is 2. The van der Waals surface area contributed by atoms with Crippen molar-refractivity contribution in [2.24, 2.45) is 0 Å². The lowest BCUT2D eigenvalue weighted by atomic mass is 10.1. The van der Waals surface area contributed by atoms with Gasteiger partial charge in [0.1, 0.15) is 0 Å². The maximum absolute atomic E-state index is 11.1. The lowest BCUT2D eigenvalue weighted by molar-refractivity contribution is 0.0591. The molecule has 4 nitrogen and oxygen atoms in total.